The summed E-state index contributed by atoms with van der Waals surface area (Å²) in [4.78, 5) is 0. The zero-order valence-corrected chi connectivity index (χ0v) is 19.0. The first-order chi connectivity index (χ1) is 13.3. The van der Waals surface area contributed by atoms with Crippen molar-refractivity contribution in [1.29, 1.82) is 0 Å². The quantitative estimate of drug-likeness (QED) is 0.289. The standard InChI is InChI=1S/C25H24P.Os/c1-4-22(5-2)21(3)26(23-15-9-6-10-16-23,24-17-11-7-12-18-24)25-19-13-8-14-20-25;/h4,6-20,22H,1,5H2,2H3;/q+1;. The number of benzene rings is 3. The Hall–Kier alpha value is -1.88. The van der Waals surface area contributed by atoms with Gasteiger partial charge in [-0.2, -0.15) is 0 Å². The average Bonchev–Trinajstić information content (AvgIpc) is 2.76. The zero-order valence-electron chi connectivity index (χ0n) is 15.5. The van der Waals surface area contributed by atoms with E-state index in [4.69, 9.17) is 0 Å². The van der Waals surface area contributed by atoms with Gasteiger partial charge in [-0.15, -0.1) is 0 Å². The van der Waals surface area contributed by atoms with Crippen molar-refractivity contribution in [3.63, 3.8) is 0 Å². The van der Waals surface area contributed by atoms with Crippen molar-refractivity contribution in [3.05, 3.63) is 109 Å². The molecule has 136 valence electrons. The molecule has 0 aliphatic heterocycles. The van der Waals surface area contributed by atoms with Gasteiger partial charge in [0.05, 0.1) is 0 Å². The van der Waals surface area contributed by atoms with Crippen LogP contribution in [0, 0.1) is 5.92 Å². The average molecular weight is 546 g/mol. The van der Waals surface area contributed by atoms with Gasteiger partial charge in [0.25, 0.3) is 0 Å². The predicted molar refractivity (Wildman–Crippen MR) is 118 cm³/mol. The summed E-state index contributed by atoms with van der Waals surface area (Å²) in [6.45, 7) is 6.39. The van der Waals surface area contributed by atoms with E-state index in [1.165, 1.54) is 21.2 Å². The number of allylic oxidation sites excluding steroid dienone is 2. The Kier molecular flexibility index (Phi) is 6.88. The second kappa shape index (κ2) is 9.35. The molecule has 0 aliphatic carbocycles. The Morgan fingerprint density at radius 3 is 1.48 bits per heavy atom. The third-order valence-corrected chi connectivity index (χ3v) is 10.5. The van der Waals surface area contributed by atoms with Crippen LogP contribution in [0.15, 0.2) is 109 Å². The van der Waals surface area contributed by atoms with E-state index in [0.29, 0.717) is 5.92 Å². The summed E-state index contributed by atoms with van der Waals surface area (Å²) in [6, 6.07) is 32.9. The van der Waals surface area contributed by atoms with E-state index in [9.17, 15) is 0 Å². The summed E-state index contributed by atoms with van der Waals surface area (Å²) >= 11 is 1.83. The topological polar surface area (TPSA) is 0 Å². The third-order valence-electron chi connectivity index (χ3n) is 4.96. The van der Waals surface area contributed by atoms with Gasteiger partial charge in [-0.05, 0) is 0 Å². The van der Waals surface area contributed by atoms with E-state index >= 15 is 0 Å². The minimum absolute atomic E-state index is 0.302. The number of rotatable bonds is 7. The summed E-state index contributed by atoms with van der Waals surface area (Å²) in [5, 5.41) is 5.49. The van der Waals surface area contributed by atoms with Gasteiger partial charge < -0.3 is 0 Å². The molecule has 0 aliphatic rings. The molecule has 0 nitrogen and oxygen atoms in total. The SMILES string of the molecule is C=CC(CC)C(=[C]=[Os])[P+](c1ccccc1)(c1ccccc1)c1ccccc1. The van der Waals surface area contributed by atoms with Crippen molar-refractivity contribution in [3.8, 4) is 0 Å². The Labute approximate surface area is 173 Å². The van der Waals surface area contributed by atoms with Gasteiger partial charge in [-0.1, -0.05) is 0 Å². The Balaban J connectivity index is 2.47. The van der Waals surface area contributed by atoms with Gasteiger partial charge in [0.15, 0.2) is 0 Å². The van der Waals surface area contributed by atoms with Crippen molar-refractivity contribution >= 4 is 27.4 Å². The maximum atomic E-state index is 4.16. The summed E-state index contributed by atoms with van der Waals surface area (Å²) < 4.78 is 3.66. The Bertz CT molecular complexity index is 829. The van der Waals surface area contributed by atoms with Crippen LogP contribution in [-0.2, 0) is 18.1 Å². The van der Waals surface area contributed by atoms with E-state index in [1.807, 2.05) is 18.1 Å². The van der Waals surface area contributed by atoms with Gasteiger partial charge in [-0.25, -0.2) is 0 Å². The molecule has 0 radical (unpaired) electrons. The van der Waals surface area contributed by atoms with Crippen LogP contribution >= 0.6 is 7.26 Å². The Morgan fingerprint density at radius 1 is 0.852 bits per heavy atom. The summed E-state index contributed by atoms with van der Waals surface area (Å²) in [5.41, 5.74) is 0. The fourth-order valence-corrected chi connectivity index (χ4v) is 9.90. The molecule has 3 rings (SSSR count). The molecular weight excluding hydrogens is 521 g/mol. The van der Waals surface area contributed by atoms with E-state index < -0.39 is 7.26 Å². The van der Waals surface area contributed by atoms with Gasteiger partial charge >= 0.3 is 174 Å². The van der Waals surface area contributed by atoms with E-state index in [2.05, 4.69) is 115 Å². The molecule has 0 amide bonds. The molecule has 0 bridgehead atoms. The molecular formula is C25H24OsP+. The zero-order chi connectivity index (χ0) is 19.1. The second-order valence-electron chi connectivity index (χ2n) is 6.40. The van der Waals surface area contributed by atoms with Crippen molar-refractivity contribution < 1.29 is 18.1 Å². The van der Waals surface area contributed by atoms with Crippen LogP contribution < -0.4 is 15.9 Å². The summed E-state index contributed by atoms with van der Waals surface area (Å²) in [6.07, 6.45) is 3.12. The van der Waals surface area contributed by atoms with Crippen molar-refractivity contribution in [1.82, 2.24) is 0 Å². The number of hydrogen-bond acceptors (Lipinski definition) is 0. The van der Waals surface area contributed by atoms with Gasteiger partial charge in [-0.3, -0.25) is 0 Å². The first kappa shape index (κ1) is 19.9. The van der Waals surface area contributed by atoms with Gasteiger partial charge in [0, 0.05) is 0 Å². The van der Waals surface area contributed by atoms with Gasteiger partial charge in [0.2, 0.25) is 0 Å². The molecule has 0 saturated carbocycles. The molecule has 0 N–H and O–H groups in total. The van der Waals surface area contributed by atoms with Crippen LogP contribution in [0.3, 0.4) is 0 Å². The fraction of sp³-hybridized carbons (Fsp3) is 0.120. The molecule has 2 heteroatoms. The van der Waals surface area contributed by atoms with Crippen molar-refractivity contribution in [2.75, 3.05) is 0 Å². The molecule has 3 aromatic carbocycles. The van der Waals surface area contributed by atoms with E-state index in [1.54, 1.807) is 0 Å². The molecule has 0 spiro atoms. The normalized spacial score (nSPS) is 12.1. The van der Waals surface area contributed by atoms with Crippen LogP contribution in [0.4, 0.5) is 0 Å². The second-order valence-corrected chi connectivity index (χ2v) is 10.4. The van der Waals surface area contributed by atoms with E-state index in [0.717, 1.165) is 6.42 Å². The molecule has 0 aromatic heterocycles. The van der Waals surface area contributed by atoms with Crippen LogP contribution in [0.5, 0.6) is 0 Å². The molecule has 0 saturated heterocycles. The van der Waals surface area contributed by atoms with Crippen molar-refractivity contribution in [2.24, 2.45) is 5.92 Å². The van der Waals surface area contributed by atoms with Crippen LogP contribution in [-0.4, -0.2) is 4.22 Å². The first-order valence-electron chi connectivity index (χ1n) is 9.20. The maximum absolute atomic E-state index is 4.16. The summed E-state index contributed by atoms with van der Waals surface area (Å²) in [5.74, 6) is 0.302. The predicted octanol–water partition coefficient (Wildman–Crippen LogP) is 5.02. The molecule has 1 atom stereocenters. The molecule has 1 unspecified atom stereocenters. The van der Waals surface area contributed by atoms with Crippen LogP contribution in [0.25, 0.3) is 0 Å². The molecule has 27 heavy (non-hydrogen) atoms. The molecule has 3 aromatic rings. The Morgan fingerprint density at radius 2 is 1.22 bits per heavy atom. The fourth-order valence-electron chi connectivity index (χ4n) is 3.66. The molecule has 0 fully saturated rings. The first-order valence-corrected chi connectivity index (χ1v) is 12.3. The summed E-state index contributed by atoms with van der Waals surface area (Å²) in [7, 11) is -2.01. The van der Waals surface area contributed by atoms with Gasteiger partial charge in [0.1, 0.15) is 0 Å². The van der Waals surface area contributed by atoms with E-state index in [-0.39, 0.29) is 0 Å². The third kappa shape index (κ3) is 3.75. The monoisotopic (exact) mass is 547 g/mol. The van der Waals surface area contributed by atoms with Crippen LogP contribution in [0.1, 0.15) is 13.3 Å². The van der Waals surface area contributed by atoms with Crippen LogP contribution in [0.2, 0.25) is 0 Å². The molecule has 0 heterocycles. The van der Waals surface area contributed by atoms with Crippen molar-refractivity contribution in [2.45, 2.75) is 13.3 Å². The number of hydrogen-bond donors (Lipinski definition) is 0. The minimum atomic E-state index is -2.01.